The van der Waals surface area contributed by atoms with Crippen molar-refractivity contribution in [3.05, 3.63) is 297 Å². The quantitative estimate of drug-likeness (QED) is 0.115. The first-order valence-corrected chi connectivity index (χ1v) is 27.0. The molecule has 2 heterocycles. The van der Waals surface area contributed by atoms with Gasteiger partial charge < -0.3 is 23.5 Å². The predicted molar refractivity (Wildman–Crippen MR) is 326 cm³/mol. The van der Waals surface area contributed by atoms with Gasteiger partial charge in [0, 0.05) is 77.6 Å². The van der Waals surface area contributed by atoms with Crippen molar-refractivity contribution < 1.29 is 8.83 Å². The number of fused-ring (bicyclic) bond motifs is 6. The summed E-state index contributed by atoms with van der Waals surface area (Å²) in [5.74, 6) is 0. The van der Waals surface area contributed by atoms with Crippen LogP contribution in [0.25, 0.3) is 66.1 Å². The minimum atomic E-state index is 0.772. The summed E-state index contributed by atoms with van der Waals surface area (Å²) in [7, 11) is 0. The average molecular weight is 1020 g/mol. The third-order valence-electron chi connectivity index (χ3n) is 14.4. The molecule has 0 aliphatic heterocycles. The topological polar surface area (TPSA) is 36.0 Å². The van der Waals surface area contributed by atoms with E-state index in [2.05, 4.69) is 300 Å². The van der Waals surface area contributed by atoms with Gasteiger partial charge in [-0.2, -0.15) is 0 Å². The molecule has 5 nitrogen and oxygen atoms in total. The van der Waals surface area contributed by atoms with Crippen molar-refractivity contribution in [1.82, 2.24) is 0 Å². The highest BCUT2D eigenvalue weighted by molar-refractivity contribution is 7.99. The summed E-state index contributed by atoms with van der Waals surface area (Å²) < 4.78 is 13.8. The lowest BCUT2D eigenvalue weighted by Crippen LogP contribution is -2.16. The van der Waals surface area contributed by atoms with Gasteiger partial charge in [0.25, 0.3) is 0 Å². The molecule has 0 aliphatic rings. The summed E-state index contributed by atoms with van der Waals surface area (Å²) >= 11 is 1.75. The normalized spacial score (nSPS) is 11.4. The number of hydrogen-bond acceptors (Lipinski definition) is 6. The van der Waals surface area contributed by atoms with Crippen LogP contribution in [0.5, 0.6) is 0 Å². The van der Waals surface area contributed by atoms with Gasteiger partial charge in [-0.3, -0.25) is 0 Å². The fourth-order valence-electron chi connectivity index (χ4n) is 11.0. The smallest absolute Gasteiger partial charge is 0.139 e. The highest BCUT2D eigenvalue weighted by Gasteiger charge is 2.28. The molecule has 12 aromatic carbocycles. The Hall–Kier alpha value is -10.0. The van der Waals surface area contributed by atoms with E-state index in [4.69, 9.17) is 8.83 Å². The zero-order chi connectivity index (χ0) is 51.8. The molecule has 0 atom stereocenters. The van der Waals surface area contributed by atoms with Crippen LogP contribution in [0.1, 0.15) is 0 Å². The van der Waals surface area contributed by atoms with Crippen LogP contribution in [0.2, 0.25) is 0 Å². The summed E-state index contributed by atoms with van der Waals surface area (Å²) in [5, 5.41) is 4.25. The number of hydrogen-bond donors (Lipinski definition) is 0. The first kappa shape index (κ1) is 46.5. The molecule has 14 rings (SSSR count). The second kappa shape index (κ2) is 20.3. The Balaban J connectivity index is 1.06. The Labute approximate surface area is 457 Å². The summed E-state index contributed by atoms with van der Waals surface area (Å²) in [4.78, 5) is 9.41. The van der Waals surface area contributed by atoms with E-state index in [1.807, 2.05) is 12.1 Å². The van der Waals surface area contributed by atoms with E-state index in [0.717, 1.165) is 127 Å². The number of para-hydroxylation sites is 6. The van der Waals surface area contributed by atoms with E-state index in [9.17, 15) is 0 Å². The van der Waals surface area contributed by atoms with Crippen LogP contribution in [0.4, 0.5) is 51.2 Å². The lowest BCUT2D eigenvalue weighted by Gasteiger charge is -2.33. The van der Waals surface area contributed by atoms with Crippen molar-refractivity contribution in [3.8, 4) is 22.3 Å². The molecule has 2 aromatic heterocycles. The molecular weight excluding hydrogens is 971 g/mol. The maximum Gasteiger partial charge on any atom is 0.139 e. The Morgan fingerprint density at radius 3 is 1.23 bits per heavy atom. The minimum absolute atomic E-state index is 0.772. The Bertz CT molecular complexity index is 4320. The molecule has 78 heavy (non-hydrogen) atoms. The van der Waals surface area contributed by atoms with Crippen molar-refractivity contribution in [3.63, 3.8) is 0 Å². The fourth-order valence-corrected chi connectivity index (χ4v) is 12.1. The third-order valence-corrected chi connectivity index (χ3v) is 15.5. The molecule has 0 N–H and O–H groups in total. The van der Waals surface area contributed by atoms with Gasteiger partial charge in [0.1, 0.15) is 22.3 Å². The molecule has 0 amide bonds. The van der Waals surface area contributed by atoms with Crippen molar-refractivity contribution >= 4 is 107 Å². The maximum absolute atomic E-state index is 7.02. The second-order valence-electron chi connectivity index (χ2n) is 19.2. The first-order chi connectivity index (χ1) is 38.7. The molecule has 0 fully saturated rings. The summed E-state index contributed by atoms with van der Waals surface area (Å²) in [6.45, 7) is 0. The van der Waals surface area contributed by atoms with Crippen molar-refractivity contribution in [2.24, 2.45) is 0 Å². The molecule has 14 aromatic rings. The Morgan fingerprint density at radius 1 is 0.269 bits per heavy atom. The highest BCUT2D eigenvalue weighted by Crippen LogP contribution is 2.53. The minimum Gasteiger partial charge on any atom is -0.456 e. The summed E-state index contributed by atoms with van der Waals surface area (Å²) in [6, 6.07) is 105. The van der Waals surface area contributed by atoms with E-state index in [-0.39, 0.29) is 0 Å². The molecule has 0 radical (unpaired) electrons. The summed E-state index contributed by atoms with van der Waals surface area (Å²) in [5.41, 5.74) is 16.5. The van der Waals surface area contributed by atoms with E-state index < -0.39 is 0 Å². The van der Waals surface area contributed by atoms with Gasteiger partial charge in [-0.1, -0.05) is 206 Å². The zero-order valence-corrected chi connectivity index (χ0v) is 43.2. The van der Waals surface area contributed by atoms with Gasteiger partial charge in [0.15, 0.2) is 0 Å². The standard InChI is InChI=1S/C72H49N3O2S/c1-7-25-50(26-8-1)60-41-24-42-61(51-27-9-2-10-28-51)72(60)75(57-46-64(70-62-39-19-21-43-65(62)76-67(70)47-57)74(53-31-13-4-14-32-53)54-33-15-5-16-34-54)56-36-23-35-55(45-56)73(52-29-11-3-12-30-52)58-48-68-71(63-40-20-22-44-66(63)77-68)69(49-58)78-59-37-17-6-18-38-59/h1-49H. The van der Waals surface area contributed by atoms with Gasteiger partial charge in [-0.05, 0) is 102 Å². The molecule has 6 heteroatoms. The largest absolute Gasteiger partial charge is 0.456 e. The van der Waals surface area contributed by atoms with Crippen LogP contribution in [-0.4, -0.2) is 0 Å². The Kier molecular flexibility index (Phi) is 12.1. The highest BCUT2D eigenvalue weighted by atomic mass is 32.2. The number of furan rings is 2. The zero-order valence-electron chi connectivity index (χ0n) is 42.4. The number of benzene rings is 12. The predicted octanol–water partition coefficient (Wildman–Crippen LogP) is 21.4. The SMILES string of the molecule is c1ccc(Sc2cc(N(c3ccccc3)c3cccc(N(c4cc(N(c5ccccc5)c5ccccc5)c5c(c4)oc4ccccc45)c4c(-c5ccccc5)cccc4-c4ccccc4)c3)cc3oc4ccccc4c23)cc1. The number of nitrogens with zero attached hydrogens (tertiary/aromatic N) is 3. The molecule has 0 aliphatic carbocycles. The lowest BCUT2D eigenvalue weighted by atomic mass is 9.94. The second-order valence-corrected chi connectivity index (χ2v) is 20.3. The molecular formula is C72H49N3O2S. The molecule has 0 bridgehead atoms. The molecule has 370 valence electrons. The van der Waals surface area contributed by atoms with E-state index in [1.54, 1.807) is 11.8 Å². The Morgan fingerprint density at radius 2 is 0.679 bits per heavy atom. The van der Waals surface area contributed by atoms with E-state index >= 15 is 0 Å². The van der Waals surface area contributed by atoms with Gasteiger partial charge in [0.05, 0.1) is 28.1 Å². The molecule has 0 unspecified atom stereocenters. The fraction of sp³-hybridized carbons (Fsp3) is 0. The van der Waals surface area contributed by atoms with Crippen LogP contribution < -0.4 is 14.7 Å². The molecule has 0 saturated carbocycles. The van der Waals surface area contributed by atoms with Gasteiger partial charge in [-0.15, -0.1) is 0 Å². The maximum atomic E-state index is 7.02. The van der Waals surface area contributed by atoms with Crippen molar-refractivity contribution in [2.75, 3.05) is 14.7 Å². The molecule has 0 saturated heterocycles. The lowest BCUT2D eigenvalue weighted by molar-refractivity contribution is 0.668. The first-order valence-electron chi connectivity index (χ1n) is 26.2. The van der Waals surface area contributed by atoms with E-state index in [1.165, 1.54) is 0 Å². The van der Waals surface area contributed by atoms with E-state index in [0.29, 0.717) is 0 Å². The van der Waals surface area contributed by atoms with Crippen LogP contribution in [0.3, 0.4) is 0 Å². The van der Waals surface area contributed by atoms with Gasteiger partial charge >= 0.3 is 0 Å². The monoisotopic (exact) mass is 1020 g/mol. The number of anilines is 9. The number of rotatable bonds is 13. The van der Waals surface area contributed by atoms with Gasteiger partial charge in [-0.25, -0.2) is 0 Å². The van der Waals surface area contributed by atoms with Crippen LogP contribution in [0, 0.1) is 0 Å². The van der Waals surface area contributed by atoms with Crippen LogP contribution >= 0.6 is 11.8 Å². The van der Waals surface area contributed by atoms with Crippen LogP contribution in [0.15, 0.2) is 316 Å². The average Bonchev–Trinajstić information content (AvgIpc) is 4.12. The van der Waals surface area contributed by atoms with Crippen molar-refractivity contribution in [1.29, 1.82) is 0 Å². The summed E-state index contributed by atoms with van der Waals surface area (Å²) in [6.07, 6.45) is 0. The third kappa shape index (κ3) is 8.60. The van der Waals surface area contributed by atoms with Crippen molar-refractivity contribution in [2.45, 2.75) is 9.79 Å². The molecule has 0 spiro atoms. The van der Waals surface area contributed by atoms with Crippen LogP contribution in [-0.2, 0) is 0 Å². The van der Waals surface area contributed by atoms with Gasteiger partial charge in [0.2, 0.25) is 0 Å².